The van der Waals surface area contributed by atoms with Crippen LogP contribution in [0.25, 0.3) is 33.1 Å². The van der Waals surface area contributed by atoms with Crippen LogP contribution in [0, 0.1) is 6.92 Å². The predicted molar refractivity (Wildman–Crippen MR) is 155 cm³/mol. The first-order chi connectivity index (χ1) is 19.3. The molecule has 0 unspecified atom stereocenters. The van der Waals surface area contributed by atoms with Gasteiger partial charge in [0.25, 0.3) is 5.56 Å². The van der Waals surface area contributed by atoms with Gasteiger partial charge in [0.2, 0.25) is 0 Å². The van der Waals surface area contributed by atoms with Crippen molar-refractivity contribution in [2.45, 2.75) is 20.0 Å². The molecule has 0 saturated heterocycles. The molecule has 40 heavy (non-hydrogen) atoms. The van der Waals surface area contributed by atoms with Crippen molar-refractivity contribution in [2.24, 2.45) is 7.05 Å². The van der Waals surface area contributed by atoms with E-state index in [9.17, 15) is 19.5 Å². The van der Waals surface area contributed by atoms with Crippen LogP contribution in [0.3, 0.4) is 0 Å². The van der Waals surface area contributed by atoms with Gasteiger partial charge in [-0.15, -0.1) is 0 Å². The first-order valence-corrected chi connectivity index (χ1v) is 12.9. The maximum atomic E-state index is 13.7. The fourth-order valence-corrected chi connectivity index (χ4v) is 5.30. The molecule has 0 spiro atoms. The van der Waals surface area contributed by atoms with Gasteiger partial charge in [0.15, 0.2) is 5.65 Å². The lowest BCUT2D eigenvalue weighted by molar-refractivity contribution is 0.0697. The van der Waals surface area contributed by atoms with Crippen LogP contribution < -0.4 is 11.2 Å². The largest absolute Gasteiger partial charge is 0.478 e. The van der Waals surface area contributed by atoms with Crippen LogP contribution in [-0.4, -0.2) is 30.0 Å². The molecule has 0 amide bonds. The Morgan fingerprint density at radius 3 is 2.42 bits per heavy atom. The standard InChI is InChI=1S/C32H26N4O4/c1-20-8-5-9-21(16-20)18-35-29-27(30(37)34(2)32(35)40)28(23-12-7-13-24(17-23)31(38)39)36(33-29)19-25-14-6-11-22-10-3-4-15-26(22)25/h3-17H,18-19H2,1-2H3,(H,38,39). The molecule has 0 aliphatic rings. The van der Waals surface area contributed by atoms with E-state index < -0.39 is 17.2 Å². The number of aromatic carboxylic acids is 1. The minimum atomic E-state index is -1.07. The van der Waals surface area contributed by atoms with E-state index in [4.69, 9.17) is 5.10 Å². The van der Waals surface area contributed by atoms with E-state index >= 15 is 0 Å². The molecule has 2 heterocycles. The number of aryl methyl sites for hydroxylation is 1. The van der Waals surface area contributed by atoms with E-state index in [1.54, 1.807) is 16.8 Å². The Balaban J connectivity index is 1.66. The van der Waals surface area contributed by atoms with Crippen molar-refractivity contribution in [3.63, 3.8) is 0 Å². The molecular weight excluding hydrogens is 504 g/mol. The van der Waals surface area contributed by atoms with Gasteiger partial charge in [0.05, 0.1) is 24.3 Å². The maximum Gasteiger partial charge on any atom is 0.335 e. The van der Waals surface area contributed by atoms with Gasteiger partial charge in [-0.3, -0.25) is 18.6 Å². The molecule has 0 fully saturated rings. The summed E-state index contributed by atoms with van der Waals surface area (Å²) in [6.07, 6.45) is 0. The van der Waals surface area contributed by atoms with E-state index in [0.29, 0.717) is 17.8 Å². The highest BCUT2D eigenvalue weighted by atomic mass is 16.4. The minimum Gasteiger partial charge on any atom is -0.478 e. The quantitative estimate of drug-likeness (QED) is 0.333. The number of fused-ring (bicyclic) bond motifs is 2. The SMILES string of the molecule is Cc1cccc(Cn2c(=O)n(C)c(=O)c3c(-c4cccc(C(=O)O)c4)n(Cc4cccc5ccccc45)nc32)c1. The summed E-state index contributed by atoms with van der Waals surface area (Å²) in [6.45, 7) is 2.52. The molecule has 0 saturated carbocycles. The number of nitrogens with zero attached hydrogens (tertiary/aromatic N) is 4. The average Bonchev–Trinajstić information content (AvgIpc) is 3.33. The monoisotopic (exact) mass is 530 g/mol. The van der Waals surface area contributed by atoms with Crippen molar-refractivity contribution in [3.05, 3.63) is 134 Å². The number of rotatable bonds is 6. The molecule has 0 aliphatic heterocycles. The molecule has 0 atom stereocenters. The second-order valence-corrected chi connectivity index (χ2v) is 9.95. The Morgan fingerprint density at radius 1 is 0.875 bits per heavy atom. The van der Waals surface area contributed by atoms with Gasteiger partial charge in [-0.05, 0) is 41.0 Å². The Bertz CT molecular complexity index is 2060. The third-order valence-corrected chi connectivity index (χ3v) is 7.23. The summed E-state index contributed by atoms with van der Waals surface area (Å²) in [5, 5.41) is 16.9. The van der Waals surface area contributed by atoms with Crippen LogP contribution in [0.5, 0.6) is 0 Å². The summed E-state index contributed by atoms with van der Waals surface area (Å²) >= 11 is 0. The number of hydrogen-bond acceptors (Lipinski definition) is 4. The molecule has 1 N–H and O–H groups in total. The van der Waals surface area contributed by atoms with Crippen LogP contribution in [0.2, 0.25) is 0 Å². The number of carboxylic acid groups (broad SMARTS) is 1. The molecule has 0 bridgehead atoms. The number of carbonyl (C=O) groups is 1. The fourth-order valence-electron chi connectivity index (χ4n) is 5.30. The van der Waals surface area contributed by atoms with Crippen LogP contribution in [0.1, 0.15) is 27.0 Å². The zero-order valence-electron chi connectivity index (χ0n) is 22.0. The zero-order chi connectivity index (χ0) is 28.0. The van der Waals surface area contributed by atoms with E-state index in [2.05, 4.69) is 0 Å². The Labute approximate surface area is 229 Å². The van der Waals surface area contributed by atoms with Crippen LogP contribution in [0.15, 0.2) is 101 Å². The predicted octanol–water partition coefficient (Wildman–Crippen LogP) is 4.82. The summed E-state index contributed by atoms with van der Waals surface area (Å²) in [6, 6.07) is 28.3. The summed E-state index contributed by atoms with van der Waals surface area (Å²) in [7, 11) is 1.45. The third kappa shape index (κ3) is 4.29. The van der Waals surface area contributed by atoms with Gasteiger partial charge in [-0.2, -0.15) is 5.10 Å². The van der Waals surface area contributed by atoms with Gasteiger partial charge < -0.3 is 5.11 Å². The second-order valence-electron chi connectivity index (χ2n) is 9.95. The molecule has 6 aromatic rings. The molecular formula is C32H26N4O4. The van der Waals surface area contributed by atoms with Crippen LogP contribution >= 0.6 is 0 Å². The van der Waals surface area contributed by atoms with Gasteiger partial charge >= 0.3 is 11.7 Å². The smallest absolute Gasteiger partial charge is 0.335 e. The highest BCUT2D eigenvalue weighted by molar-refractivity contribution is 5.94. The average molecular weight is 531 g/mol. The minimum absolute atomic E-state index is 0.0912. The Morgan fingerprint density at radius 2 is 1.62 bits per heavy atom. The van der Waals surface area contributed by atoms with Crippen molar-refractivity contribution in [2.75, 3.05) is 0 Å². The van der Waals surface area contributed by atoms with Crippen LogP contribution in [0.4, 0.5) is 0 Å². The van der Waals surface area contributed by atoms with Crippen molar-refractivity contribution >= 4 is 27.8 Å². The molecule has 8 heteroatoms. The van der Waals surface area contributed by atoms with Gasteiger partial charge in [-0.1, -0.05) is 84.4 Å². The Hall–Kier alpha value is -5.24. The van der Waals surface area contributed by atoms with Gasteiger partial charge in [-0.25, -0.2) is 9.59 Å². The Kier molecular flexibility index (Phi) is 6.15. The number of hydrogen-bond donors (Lipinski definition) is 1. The van der Waals surface area contributed by atoms with E-state index in [0.717, 1.165) is 32.0 Å². The first-order valence-electron chi connectivity index (χ1n) is 12.9. The molecule has 4 aromatic carbocycles. The normalized spacial score (nSPS) is 11.3. The van der Waals surface area contributed by atoms with Gasteiger partial charge in [0.1, 0.15) is 5.39 Å². The van der Waals surface area contributed by atoms with Crippen LogP contribution in [-0.2, 0) is 20.1 Å². The van der Waals surface area contributed by atoms with Crippen molar-refractivity contribution in [1.82, 2.24) is 18.9 Å². The van der Waals surface area contributed by atoms with E-state index in [1.165, 1.54) is 23.7 Å². The molecule has 8 nitrogen and oxygen atoms in total. The lowest BCUT2D eigenvalue weighted by atomic mass is 10.0. The highest BCUT2D eigenvalue weighted by Gasteiger charge is 2.23. The topological polar surface area (TPSA) is 99.1 Å². The second kappa shape index (κ2) is 9.81. The highest BCUT2D eigenvalue weighted by Crippen LogP contribution is 2.29. The van der Waals surface area contributed by atoms with Crippen molar-refractivity contribution < 1.29 is 9.90 Å². The van der Waals surface area contributed by atoms with Gasteiger partial charge in [0, 0.05) is 12.6 Å². The number of carboxylic acids is 1. The van der Waals surface area contributed by atoms with E-state index in [1.807, 2.05) is 73.7 Å². The maximum absolute atomic E-state index is 13.7. The summed E-state index contributed by atoms with van der Waals surface area (Å²) in [5.41, 5.74) is 3.31. The lowest BCUT2D eigenvalue weighted by Gasteiger charge is -2.11. The summed E-state index contributed by atoms with van der Waals surface area (Å²) < 4.78 is 4.31. The molecule has 2 aromatic heterocycles. The summed E-state index contributed by atoms with van der Waals surface area (Å²) in [5.74, 6) is -1.07. The summed E-state index contributed by atoms with van der Waals surface area (Å²) in [4.78, 5) is 38.9. The number of benzene rings is 4. The zero-order valence-corrected chi connectivity index (χ0v) is 22.0. The first kappa shape index (κ1) is 25.1. The van der Waals surface area contributed by atoms with E-state index in [-0.39, 0.29) is 23.1 Å². The van der Waals surface area contributed by atoms with Crippen molar-refractivity contribution in [3.8, 4) is 11.3 Å². The molecule has 0 aliphatic carbocycles. The fraction of sp³-hybridized carbons (Fsp3) is 0.125. The molecule has 0 radical (unpaired) electrons. The van der Waals surface area contributed by atoms with Crippen molar-refractivity contribution in [1.29, 1.82) is 0 Å². The molecule has 6 rings (SSSR count). The molecule has 198 valence electrons. The lowest BCUT2D eigenvalue weighted by Crippen LogP contribution is -2.38. The number of aromatic nitrogens is 4. The third-order valence-electron chi connectivity index (χ3n) is 7.23.